The van der Waals surface area contributed by atoms with Gasteiger partial charge < -0.3 is 51.4 Å². The smallest absolute Gasteiger partial charge is 0.415 e. The molecule has 10 rings (SSSR count). The standard InChI is InChI=1S/C58H59N13O13S6/c1-26(2)42-56-70-45(37(90-56)21-83-5)49(78)60-20-40(73)67-46(47(76)28-11-7-6-8-12-28)55-65-36(24-87-55)53-63-34(22-86-53)44-31(51-64-35(23-85-51)48(77)62-33(19-39(72)59-4)54-69-43(27(3)89-54)50(79)68-42)14-15-32(61-44)52-66-38(25-88-52)71(16-10-9-13-41(74)75)58(82)84-30-17-29(18-30)57(80)81/h6-8,11-12,14-15,22-26,29-30,33,42,46-47,76H,9-10,13,16-21H2,1-5H3,(H,59,72)(H,60,78)(H,62,77)(H,67,73)(H,68,79)(H,74,75)(H,80,81)/t29?,30?,33-,42-,46-,47-/m0/s1. The van der Waals surface area contributed by atoms with Gasteiger partial charge in [-0.2, -0.15) is 0 Å². The van der Waals surface area contributed by atoms with Crippen LogP contribution in [0.1, 0.15) is 138 Å². The first-order chi connectivity index (χ1) is 43.2. The molecule has 1 aliphatic carbocycles. The van der Waals surface area contributed by atoms with E-state index < -0.39 is 90.4 Å². The molecule has 10 bridgehead atoms. The Morgan fingerprint density at radius 1 is 0.711 bits per heavy atom. The van der Waals surface area contributed by atoms with Gasteiger partial charge in [-0.05, 0) is 56.2 Å². The molecule has 8 aromatic rings. The molecule has 1 aromatic carbocycles. The second kappa shape index (κ2) is 28.6. The summed E-state index contributed by atoms with van der Waals surface area (Å²) in [6.07, 6.45) is -2.22. The van der Waals surface area contributed by atoms with Gasteiger partial charge in [-0.15, -0.1) is 68.0 Å². The molecular weight excluding hydrogens is 1280 g/mol. The summed E-state index contributed by atoms with van der Waals surface area (Å²) in [4.78, 5) is 143. The van der Waals surface area contributed by atoms with Gasteiger partial charge in [0, 0.05) is 59.1 Å². The Morgan fingerprint density at radius 2 is 1.42 bits per heavy atom. The zero-order valence-electron chi connectivity index (χ0n) is 48.7. The number of carbonyl (C=O) groups excluding carboxylic acids is 6. The number of aliphatic hydroxyl groups excluding tert-OH is 1. The number of pyridine rings is 1. The number of hydrogen-bond donors (Lipinski definition) is 8. The number of carboxylic acid groups (broad SMARTS) is 2. The van der Waals surface area contributed by atoms with Gasteiger partial charge in [0.15, 0.2) is 0 Å². The Labute approximate surface area is 537 Å². The van der Waals surface area contributed by atoms with Crippen LogP contribution in [0.15, 0.2) is 64.0 Å². The molecule has 7 aromatic heterocycles. The lowest BCUT2D eigenvalue weighted by Gasteiger charge is -2.33. The van der Waals surface area contributed by atoms with Crippen molar-refractivity contribution in [1.82, 2.24) is 61.5 Å². The van der Waals surface area contributed by atoms with E-state index in [1.807, 2.05) is 13.8 Å². The number of carboxylic acids is 2. The second-order valence-corrected chi connectivity index (χ2v) is 27.0. The number of aryl methyl sites for hydroxylation is 1. The number of carbonyl (C=O) groups is 8. The SMILES string of the molecule is CNC(=O)C[C@@H]1NC(=O)c2csc(n2)-c2ccc(-c3nc(N(CCCCC(=O)O)C(=O)OC4CC(C(=O)O)C4)cs3)nc2-c2csc(n2)-c2csc(n2)[C@H]([C@@H](O)c2ccccc2)NC(=O)CNC(=O)c2nc(sc2COC)[C@H](C(C)C)NC(=O)c2nc1sc2C. The molecule has 4 atom stereocenters. The molecular formula is C58H59N13O13S6. The van der Waals surface area contributed by atoms with Gasteiger partial charge in [-0.1, -0.05) is 44.2 Å². The average molecular weight is 1340 g/mol. The van der Waals surface area contributed by atoms with Crippen molar-refractivity contribution in [1.29, 1.82) is 0 Å². The summed E-state index contributed by atoms with van der Waals surface area (Å²) in [6.45, 7) is 4.93. The Hall–Kier alpha value is -8.37. The lowest BCUT2D eigenvalue weighted by Crippen LogP contribution is -2.42. The zero-order chi connectivity index (χ0) is 63.9. The highest BCUT2D eigenvalue weighted by Crippen LogP contribution is 2.41. The number of amides is 6. The molecule has 470 valence electrons. The lowest BCUT2D eigenvalue weighted by atomic mass is 9.82. The second-order valence-electron chi connectivity index (χ2n) is 21.2. The van der Waals surface area contributed by atoms with E-state index in [-0.39, 0.29) is 79.1 Å². The van der Waals surface area contributed by atoms with Gasteiger partial charge in [-0.3, -0.25) is 38.5 Å². The van der Waals surface area contributed by atoms with Crippen molar-refractivity contribution < 1.29 is 63.1 Å². The summed E-state index contributed by atoms with van der Waals surface area (Å²) in [5, 5.41) is 53.5. The number of rotatable bonds is 16. The van der Waals surface area contributed by atoms with E-state index in [4.69, 9.17) is 34.4 Å². The molecule has 0 spiro atoms. The van der Waals surface area contributed by atoms with Crippen LogP contribution < -0.4 is 31.5 Å². The van der Waals surface area contributed by atoms with Crippen molar-refractivity contribution in [3.8, 4) is 43.4 Å². The highest BCUT2D eigenvalue weighted by Gasteiger charge is 2.39. The van der Waals surface area contributed by atoms with Crippen LogP contribution in [0.2, 0.25) is 0 Å². The molecule has 8 N–H and O–H groups in total. The number of aromatic nitrogens is 7. The molecule has 1 fully saturated rings. The van der Waals surface area contributed by atoms with Crippen molar-refractivity contribution in [2.45, 2.75) is 96.2 Å². The Kier molecular flexibility index (Phi) is 20.6. The topological polar surface area (TPSA) is 369 Å². The van der Waals surface area contributed by atoms with Crippen molar-refractivity contribution in [2.24, 2.45) is 11.8 Å². The van der Waals surface area contributed by atoms with Gasteiger partial charge in [0.2, 0.25) is 11.8 Å². The number of thiazole rings is 6. The number of fused-ring (bicyclic) bond motifs is 14. The third-order valence-corrected chi connectivity index (χ3v) is 20.2. The van der Waals surface area contributed by atoms with E-state index in [0.717, 1.165) is 45.3 Å². The highest BCUT2D eigenvalue weighted by molar-refractivity contribution is 7.15. The molecule has 6 amide bonds. The van der Waals surface area contributed by atoms with Crippen molar-refractivity contribution >= 4 is 121 Å². The van der Waals surface area contributed by atoms with Crippen LogP contribution in [0.3, 0.4) is 0 Å². The maximum atomic E-state index is 14.4. The number of aliphatic hydroxyl groups is 1. The van der Waals surface area contributed by atoms with Crippen LogP contribution in [0, 0.1) is 18.8 Å². The van der Waals surface area contributed by atoms with Gasteiger partial charge in [0.25, 0.3) is 17.7 Å². The number of ether oxygens (including phenoxy) is 2. The zero-order valence-corrected chi connectivity index (χ0v) is 53.6. The quantitative estimate of drug-likeness (QED) is 0.0421. The third kappa shape index (κ3) is 14.9. The lowest BCUT2D eigenvalue weighted by molar-refractivity contribution is -0.148. The largest absolute Gasteiger partial charge is 0.481 e. The molecule has 1 aliphatic heterocycles. The van der Waals surface area contributed by atoms with Crippen molar-refractivity contribution in [2.75, 3.05) is 32.1 Å². The maximum Gasteiger partial charge on any atom is 0.415 e. The number of nitrogens with one attached hydrogen (secondary N) is 5. The summed E-state index contributed by atoms with van der Waals surface area (Å²) >= 11 is 6.97. The summed E-state index contributed by atoms with van der Waals surface area (Å²) in [5.74, 6) is -5.69. The Bertz CT molecular complexity index is 3980. The summed E-state index contributed by atoms with van der Waals surface area (Å²) in [7, 11) is 2.91. The minimum atomic E-state index is -1.31. The Balaban J connectivity index is 1.04. The normalized spacial score (nSPS) is 18.3. The van der Waals surface area contributed by atoms with Crippen LogP contribution in [0.25, 0.3) is 43.4 Å². The average Bonchev–Trinajstić information content (AvgIpc) is 1.76. The van der Waals surface area contributed by atoms with Crippen LogP contribution >= 0.6 is 68.0 Å². The molecule has 32 heteroatoms. The Morgan fingerprint density at radius 3 is 2.16 bits per heavy atom. The number of nitrogens with zero attached hydrogens (tertiary/aromatic N) is 8. The molecule has 0 saturated heterocycles. The maximum absolute atomic E-state index is 14.4. The monoisotopic (exact) mass is 1340 g/mol. The van der Waals surface area contributed by atoms with Crippen molar-refractivity contribution in [3.63, 3.8) is 0 Å². The molecule has 2 aliphatic rings. The number of methoxy groups -OCH3 is 1. The predicted molar refractivity (Wildman–Crippen MR) is 336 cm³/mol. The fraction of sp³-hybridized carbons (Fsp3) is 0.362. The molecule has 90 heavy (non-hydrogen) atoms. The van der Waals surface area contributed by atoms with E-state index in [1.165, 1.54) is 41.7 Å². The van der Waals surface area contributed by atoms with Crippen molar-refractivity contribution in [3.05, 3.63) is 111 Å². The van der Waals surface area contributed by atoms with Crippen LogP contribution in [-0.2, 0) is 35.3 Å². The number of benzene rings is 1. The number of anilines is 1. The first kappa shape index (κ1) is 64.6. The van der Waals surface area contributed by atoms with Crippen LogP contribution in [-0.4, -0.2) is 131 Å². The van der Waals surface area contributed by atoms with E-state index in [9.17, 15) is 53.7 Å². The molecule has 8 heterocycles. The van der Waals surface area contributed by atoms with E-state index in [1.54, 1.807) is 70.9 Å². The van der Waals surface area contributed by atoms with E-state index in [0.29, 0.717) is 75.1 Å². The van der Waals surface area contributed by atoms with Crippen LogP contribution in [0.4, 0.5) is 10.6 Å². The van der Waals surface area contributed by atoms with Gasteiger partial charge >= 0.3 is 18.0 Å². The fourth-order valence-corrected chi connectivity index (χ4v) is 15.2. The van der Waals surface area contributed by atoms with Gasteiger partial charge in [0.1, 0.15) is 88.3 Å². The van der Waals surface area contributed by atoms with Gasteiger partial charge in [-0.25, -0.2) is 39.7 Å². The fourth-order valence-electron chi connectivity index (χ4n) is 9.61. The third-order valence-electron chi connectivity index (χ3n) is 14.5. The first-order valence-corrected chi connectivity index (χ1v) is 33.3. The predicted octanol–water partition coefficient (Wildman–Crippen LogP) is 8.37. The highest BCUT2D eigenvalue weighted by atomic mass is 32.1. The molecule has 1 saturated carbocycles. The number of unbranched alkanes of at least 4 members (excludes halogenated alkanes) is 1. The first-order valence-electron chi connectivity index (χ1n) is 28.1. The summed E-state index contributed by atoms with van der Waals surface area (Å²) in [5.41, 5.74) is 2.31. The minimum absolute atomic E-state index is 0.0140. The number of hydrogen-bond acceptors (Lipinski definition) is 24. The minimum Gasteiger partial charge on any atom is -0.481 e. The molecule has 0 radical (unpaired) electrons. The summed E-state index contributed by atoms with van der Waals surface area (Å²) in [6, 6.07) is 9.23. The van der Waals surface area contributed by atoms with E-state index >= 15 is 0 Å². The molecule has 26 nitrogen and oxygen atoms in total. The number of aliphatic carboxylic acids is 2. The van der Waals surface area contributed by atoms with Gasteiger partial charge in [0.05, 0.1) is 48.1 Å². The molecule has 0 unspecified atom stereocenters. The summed E-state index contributed by atoms with van der Waals surface area (Å²) < 4.78 is 11.2. The van der Waals surface area contributed by atoms with Crippen LogP contribution in [0.5, 0.6) is 0 Å². The van der Waals surface area contributed by atoms with E-state index in [2.05, 4.69) is 36.6 Å².